The number of hydrogen-bond acceptors (Lipinski definition) is 4. The maximum atomic E-state index is 12.8. The van der Waals surface area contributed by atoms with Crippen molar-refractivity contribution in [2.75, 3.05) is 26.7 Å². The van der Waals surface area contributed by atoms with E-state index < -0.39 is 11.2 Å². The molecule has 0 saturated carbocycles. The predicted octanol–water partition coefficient (Wildman–Crippen LogP) is 1.41. The molecule has 2 aliphatic heterocycles. The average Bonchev–Trinajstić information content (AvgIpc) is 2.71. The van der Waals surface area contributed by atoms with Crippen molar-refractivity contribution in [2.24, 2.45) is 5.92 Å². The maximum absolute atomic E-state index is 12.8. The SMILES string of the molecule is CN(C[C@H]1CCCN2CCCC[C@H]12)C(=O)Cn1c(=O)[nH]c2ccccc2c1=O. The smallest absolute Gasteiger partial charge is 0.329 e. The van der Waals surface area contributed by atoms with Crippen LogP contribution in [-0.4, -0.2) is 58.0 Å². The summed E-state index contributed by atoms with van der Waals surface area (Å²) >= 11 is 0. The molecular weight excluding hydrogens is 356 g/mol. The Morgan fingerprint density at radius 3 is 2.79 bits per heavy atom. The lowest BCUT2D eigenvalue weighted by molar-refractivity contribution is -0.131. The highest BCUT2D eigenvalue weighted by Crippen LogP contribution is 2.31. The van der Waals surface area contributed by atoms with Crippen molar-refractivity contribution >= 4 is 16.8 Å². The van der Waals surface area contributed by atoms with Gasteiger partial charge in [0.2, 0.25) is 5.91 Å². The number of rotatable bonds is 4. The minimum Gasteiger partial charge on any atom is -0.344 e. The van der Waals surface area contributed by atoms with Crippen molar-refractivity contribution in [3.8, 4) is 0 Å². The number of nitrogens with one attached hydrogen (secondary N) is 1. The summed E-state index contributed by atoms with van der Waals surface area (Å²) in [4.78, 5) is 44.7. The number of benzene rings is 1. The molecule has 1 amide bonds. The molecule has 4 rings (SSSR count). The first-order valence-corrected chi connectivity index (χ1v) is 10.2. The van der Waals surface area contributed by atoms with Crippen LogP contribution < -0.4 is 11.2 Å². The summed E-state index contributed by atoms with van der Waals surface area (Å²) in [6.45, 7) is 2.79. The molecule has 0 bridgehead atoms. The third-order valence-corrected chi connectivity index (χ3v) is 6.35. The Labute approximate surface area is 163 Å². The average molecular weight is 384 g/mol. The van der Waals surface area contributed by atoms with Crippen LogP contribution in [-0.2, 0) is 11.3 Å². The molecule has 7 heteroatoms. The molecule has 2 atom stereocenters. The van der Waals surface area contributed by atoms with E-state index in [0.29, 0.717) is 29.4 Å². The quantitative estimate of drug-likeness (QED) is 0.865. The van der Waals surface area contributed by atoms with Crippen molar-refractivity contribution in [1.82, 2.24) is 19.4 Å². The Balaban J connectivity index is 1.48. The maximum Gasteiger partial charge on any atom is 0.329 e. The van der Waals surface area contributed by atoms with Gasteiger partial charge >= 0.3 is 5.69 Å². The Morgan fingerprint density at radius 1 is 1.14 bits per heavy atom. The molecule has 1 N–H and O–H groups in total. The lowest BCUT2D eigenvalue weighted by Gasteiger charge is -2.45. The van der Waals surface area contributed by atoms with Crippen molar-refractivity contribution < 1.29 is 4.79 Å². The lowest BCUT2D eigenvalue weighted by Crippen LogP contribution is -2.51. The molecule has 2 aromatic rings. The van der Waals surface area contributed by atoms with Crippen LogP contribution >= 0.6 is 0 Å². The minimum absolute atomic E-state index is 0.198. The molecule has 0 aliphatic carbocycles. The van der Waals surface area contributed by atoms with Crippen LogP contribution in [0.4, 0.5) is 0 Å². The standard InChI is InChI=1S/C21H28N4O3/c1-23(13-15-7-6-12-24-11-5-4-10-18(15)24)19(26)14-25-20(27)16-8-2-3-9-17(16)22-21(25)28/h2-3,8-9,15,18H,4-7,10-14H2,1H3,(H,22,28)/t15-,18-/m1/s1. The Morgan fingerprint density at radius 2 is 1.93 bits per heavy atom. The van der Waals surface area contributed by atoms with Crippen molar-refractivity contribution in [2.45, 2.75) is 44.7 Å². The highest BCUT2D eigenvalue weighted by atomic mass is 16.2. The fourth-order valence-electron chi connectivity index (χ4n) is 4.84. The van der Waals surface area contributed by atoms with Gasteiger partial charge in [-0.2, -0.15) is 0 Å². The van der Waals surface area contributed by atoms with Crippen LogP contribution in [0.25, 0.3) is 10.9 Å². The number of para-hydroxylation sites is 1. The van der Waals surface area contributed by atoms with Crippen LogP contribution in [0.2, 0.25) is 0 Å². The van der Waals surface area contributed by atoms with E-state index >= 15 is 0 Å². The second kappa shape index (κ2) is 7.91. The van der Waals surface area contributed by atoms with Gasteiger partial charge in [-0.1, -0.05) is 18.6 Å². The Hall–Kier alpha value is -2.41. The molecular formula is C21H28N4O3. The summed E-state index contributed by atoms with van der Waals surface area (Å²) in [6.07, 6.45) is 6.04. The van der Waals surface area contributed by atoms with Gasteiger partial charge in [0, 0.05) is 19.6 Å². The topological polar surface area (TPSA) is 78.4 Å². The number of carbonyl (C=O) groups excluding carboxylic acids is 1. The molecule has 3 heterocycles. The molecule has 2 aliphatic rings. The van der Waals surface area contributed by atoms with Gasteiger partial charge in [-0.05, 0) is 56.8 Å². The van der Waals surface area contributed by atoms with E-state index in [2.05, 4.69) is 9.88 Å². The van der Waals surface area contributed by atoms with Gasteiger partial charge < -0.3 is 14.8 Å². The van der Waals surface area contributed by atoms with Crippen LogP contribution in [0.1, 0.15) is 32.1 Å². The summed E-state index contributed by atoms with van der Waals surface area (Å²) in [6, 6.07) is 7.43. The van der Waals surface area contributed by atoms with E-state index in [1.807, 2.05) is 0 Å². The minimum atomic E-state index is -0.540. The zero-order chi connectivity index (χ0) is 19.7. The van der Waals surface area contributed by atoms with Crippen LogP contribution in [0.5, 0.6) is 0 Å². The first-order chi connectivity index (χ1) is 13.5. The fraction of sp³-hybridized carbons (Fsp3) is 0.571. The first kappa shape index (κ1) is 18.9. The number of fused-ring (bicyclic) bond motifs is 2. The van der Waals surface area contributed by atoms with Gasteiger partial charge in [-0.3, -0.25) is 14.2 Å². The number of piperidine rings is 2. The molecule has 0 spiro atoms. The van der Waals surface area contributed by atoms with Crippen molar-refractivity contribution in [3.05, 3.63) is 45.1 Å². The zero-order valence-corrected chi connectivity index (χ0v) is 16.4. The van der Waals surface area contributed by atoms with E-state index in [-0.39, 0.29) is 12.5 Å². The van der Waals surface area contributed by atoms with Gasteiger partial charge in [0.25, 0.3) is 5.56 Å². The van der Waals surface area contributed by atoms with Gasteiger partial charge in [-0.25, -0.2) is 4.79 Å². The number of aromatic amines is 1. The van der Waals surface area contributed by atoms with Crippen LogP contribution in [0, 0.1) is 5.92 Å². The number of aromatic nitrogens is 2. The number of nitrogens with zero attached hydrogens (tertiary/aromatic N) is 3. The Bertz CT molecular complexity index is 978. The highest BCUT2D eigenvalue weighted by Gasteiger charge is 2.34. The van der Waals surface area contributed by atoms with Gasteiger partial charge in [0.1, 0.15) is 6.54 Å². The third-order valence-electron chi connectivity index (χ3n) is 6.35. The number of amides is 1. The van der Waals surface area contributed by atoms with E-state index in [1.165, 1.54) is 38.8 Å². The highest BCUT2D eigenvalue weighted by molar-refractivity contribution is 5.78. The molecule has 150 valence electrons. The molecule has 2 saturated heterocycles. The lowest BCUT2D eigenvalue weighted by atomic mass is 9.83. The van der Waals surface area contributed by atoms with Crippen LogP contribution in [0.3, 0.4) is 0 Å². The van der Waals surface area contributed by atoms with Crippen LogP contribution in [0.15, 0.2) is 33.9 Å². The molecule has 1 aromatic heterocycles. The normalized spacial score (nSPS) is 22.8. The summed E-state index contributed by atoms with van der Waals surface area (Å²) in [5.74, 6) is 0.269. The fourth-order valence-corrected chi connectivity index (χ4v) is 4.84. The van der Waals surface area contributed by atoms with Gasteiger partial charge in [-0.15, -0.1) is 0 Å². The molecule has 2 fully saturated rings. The van der Waals surface area contributed by atoms with E-state index in [9.17, 15) is 14.4 Å². The van der Waals surface area contributed by atoms with Gasteiger partial charge in [0.15, 0.2) is 0 Å². The molecule has 1 aromatic carbocycles. The largest absolute Gasteiger partial charge is 0.344 e. The molecule has 7 nitrogen and oxygen atoms in total. The van der Waals surface area contributed by atoms with Gasteiger partial charge in [0.05, 0.1) is 10.9 Å². The third kappa shape index (κ3) is 3.63. The number of H-pyrrole nitrogens is 1. The summed E-state index contributed by atoms with van der Waals surface area (Å²) in [7, 11) is 1.78. The van der Waals surface area contributed by atoms with E-state index in [4.69, 9.17) is 0 Å². The monoisotopic (exact) mass is 384 g/mol. The zero-order valence-electron chi connectivity index (χ0n) is 16.4. The predicted molar refractivity (Wildman–Crippen MR) is 108 cm³/mol. The molecule has 0 radical (unpaired) electrons. The number of likely N-dealkylation sites (N-methyl/N-ethyl adjacent to an activating group) is 1. The second-order valence-electron chi connectivity index (χ2n) is 8.14. The van der Waals surface area contributed by atoms with E-state index in [0.717, 1.165) is 11.0 Å². The summed E-state index contributed by atoms with van der Waals surface area (Å²) in [5.41, 5.74) is -0.465. The summed E-state index contributed by atoms with van der Waals surface area (Å²) < 4.78 is 1.01. The second-order valence-corrected chi connectivity index (χ2v) is 8.14. The van der Waals surface area contributed by atoms with E-state index in [1.54, 1.807) is 36.2 Å². The first-order valence-electron chi connectivity index (χ1n) is 10.2. The molecule has 28 heavy (non-hydrogen) atoms. The van der Waals surface area contributed by atoms with Crippen molar-refractivity contribution in [1.29, 1.82) is 0 Å². The number of hydrogen-bond donors (Lipinski definition) is 1. The summed E-state index contributed by atoms with van der Waals surface area (Å²) in [5, 5.41) is 0.419. The number of carbonyl (C=O) groups is 1. The molecule has 0 unspecified atom stereocenters. The van der Waals surface area contributed by atoms with Crippen molar-refractivity contribution in [3.63, 3.8) is 0 Å². The Kier molecular flexibility index (Phi) is 5.35.